The molecule has 0 aliphatic rings. The summed E-state index contributed by atoms with van der Waals surface area (Å²) in [6, 6.07) is 0.863. The SMILES string of the molecule is CCNC(=O)n1nc(Oc2c(F)cc(C(F)(F)F)cc2F)cc1C. The molecule has 10 heteroatoms. The molecule has 1 aromatic heterocycles. The van der Waals surface area contributed by atoms with Gasteiger partial charge in [-0.3, -0.25) is 0 Å². The molecule has 0 unspecified atom stereocenters. The van der Waals surface area contributed by atoms with E-state index in [0.29, 0.717) is 12.2 Å². The van der Waals surface area contributed by atoms with E-state index in [0.717, 1.165) is 4.68 Å². The first-order chi connectivity index (χ1) is 11.1. The Bertz CT molecular complexity index is 747. The van der Waals surface area contributed by atoms with Gasteiger partial charge in [0.1, 0.15) is 0 Å². The average Bonchev–Trinajstić information content (AvgIpc) is 2.83. The largest absolute Gasteiger partial charge is 0.431 e. The van der Waals surface area contributed by atoms with Crippen LogP contribution in [0.2, 0.25) is 0 Å². The van der Waals surface area contributed by atoms with Gasteiger partial charge < -0.3 is 10.1 Å². The van der Waals surface area contributed by atoms with Gasteiger partial charge in [-0.2, -0.15) is 17.9 Å². The molecule has 130 valence electrons. The summed E-state index contributed by atoms with van der Waals surface area (Å²) in [6.07, 6.45) is -4.89. The number of aromatic nitrogens is 2. The molecule has 1 amide bonds. The molecule has 5 nitrogen and oxygen atoms in total. The molecule has 1 heterocycles. The highest BCUT2D eigenvalue weighted by Gasteiger charge is 2.33. The number of carbonyl (C=O) groups excluding carboxylic acids is 1. The number of carbonyl (C=O) groups is 1. The van der Waals surface area contributed by atoms with Crippen LogP contribution in [-0.2, 0) is 6.18 Å². The van der Waals surface area contributed by atoms with E-state index < -0.39 is 35.2 Å². The van der Waals surface area contributed by atoms with E-state index >= 15 is 0 Å². The number of rotatable bonds is 3. The first-order valence-electron chi connectivity index (χ1n) is 6.72. The zero-order valence-electron chi connectivity index (χ0n) is 12.5. The fourth-order valence-corrected chi connectivity index (χ4v) is 1.85. The van der Waals surface area contributed by atoms with Crippen LogP contribution in [-0.4, -0.2) is 22.4 Å². The van der Waals surface area contributed by atoms with Crippen LogP contribution in [0.5, 0.6) is 11.6 Å². The van der Waals surface area contributed by atoms with Crippen molar-refractivity contribution in [2.24, 2.45) is 0 Å². The quantitative estimate of drug-likeness (QED) is 0.856. The summed E-state index contributed by atoms with van der Waals surface area (Å²) in [5.41, 5.74) is -1.17. The van der Waals surface area contributed by atoms with Gasteiger partial charge in [0.05, 0.1) is 11.3 Å². The van der Waals surface area contributed by atoms with Crippen LogP contribution in [0.4, 0.5) is 26.7 Å². The highest BCUT2D eigenvalue weighted by molar-refractivity contribution is 5.76. The monoisotopic (exact) mass is 349 g/mol. The number of amides is 1. The number of alkyl halides is 3. The van der Waals surface area contributed by atoms with E-state index in [1.54, 1.807) is 6.92 Å². The number of ether oxygens (including phenoxy) is 1. The van der Waals surface area contributed by atoms with Crippen LogP contribution in [0.15, 0.2) is 18.2 Å². The van der Waals surface area contributed by atoms with E-state index in [2.05, 4.69) is 10.4 Å². The van der Waals surface area contributed by atoms with Crippen molar-refractivity contribution in [3.05, 3.63) is 41.1 Å². The smallest absolute Gasteiger partial charge is 0.416 e. The zero-order valence-corrected chi connectivity index (χ0v) is 12.5. The Morgan fingerprint density at radius 2 is 1.83 bits per heavy atom. The lowest BCUT2D eigenvalue weighted by molar-refractivity contribution is -0.138. The molecule has 0 fully saturated rings. The summed E-state index contributed by atoms with van der Waals surface area (Å²) in [7, 11) is 0. The predicted molar refractivity (Wildman–Crippen MR) is 72.9 cm³/mol. The van der Waals surface area contributed by atoms with Gasteiger partial charge in [0, 0.05) is 12.6 Å². The first-order valence-corrected chi connectivity index (χ1v) is 6.72. The maximum Gasteiger partial charge on any atom is 0.416 e. The number of aryl methyl sites for hydroxylation is 1. The zero-order chi connectivity index (χ0) is 18.1. The molecule has 2 rings (SSSR count). The Morgan fingerprint density at radius 3 is 2.33 bits per heavy atom. The van der Waals surface area contributed by atoms with Gasteiger partial charge >= 0.3 is 12.2 Å². The molecule has 0 aliphatic carbocycles. The number of benzene rings is 1. The van der Waals surface area contributed by atoms with Crippen LogP contribution in [0.3, 0.4) is 0 Å². The van der Waals surface area contributed by atoms with Crippen molar-refractivity contribution in [2.75, 3.05) is 6.54 Å². The molecule has 2 aromatic rings. The third-order valence-corrected chi connectivity index (χ3v) is 2.92. The Kier molecular flexibility index (Phi) is 4.76. The van der Waals surface area contributed by atoms with Gasteiger partial charge in [-0.15, -0.1) is 5.10 Å². The summed E-state index contributed by atoms with van der Waals surface area (Å²) in [5, 5.41) is 6.16. The Balaban J connectivity index is 2.32. The second kappa shape index (κ2) is 6.46. The Hall–Kier alpha value is -2.65. The van der Waals surface area contributed by atoms with Crippen LogP contribution in [0.25, 0.3) is 0 Å². The van der Waals surface area contributed by atoms with Crippen LogP contribution >= 0.6 is 0 Å². The van der Waals surface area contributed by atoms with Crippen molar-refractivity contribution in [1.29, 1.82) is 0 Å². The molecule has 1 aromatic carbocycles. The lowest BCUT2D eigenvalue weighted by Gasteiger charge is -2.10. The minimum absolute atomic E-state index is 0.117. The molecule has 0 spiro atoms. The summed E-state index contributed by atoms with van der Waals surface area (Å²) in [5.74, 6) is -4.44. The third kappa shape index (κ3) is 3.63. The molecule has 0 saturated heterocycles. The van der Waals surface area contributed by atoms with Gasteiger partial charge in [-0.25, -0.2) is 13.6 Å². The van der Waals surface area contributed by atoms with Crippen molar-refractivity contribution in [3.63, 3.8) is 0 Å². The van der Waals surface area contributed by atoms with Gasteiger partial charge in [0.2, 0.25) is 11.6 Å². The standard InChI is InChI=1S/C14H12F5N3O2/c1-3-20-13(23)22-7(2)4-11(21-22)24-12-9(15)5-8(6-10(12)16)14(17,18)19/h4-6H,3H2,1-2H3,(H,20,23). The van der Waals surface area contributed by atoms with Crippen molar-refractivity contribution in [3.8, 4) is 11.6 Å². The molecule has 24 heavy (non-hydrogen) atoms. The second-order valence-corrected chi connectivity index (χ2v) is 4.74. The third-order valence-electron chi connectivity index (χ3n) is 2.92. The number of nitrogens with zero attached hydrogens (tertiary/aromatic N) is 2. The normalized spacial score (nSPS) is 11.5. The first kappa shape index (κ1) is 17.7. The molecule has 0 saturated carbocycles. The molecular formula is C14H12F5N3O2. The number of hydrogen-bond donors (Lipinski definition) is 1. The van der Waals surface area contributed by atoms with Crippen LogP contribution in [0.1, 0.15) is 18.2 Å². The predicted octanol–water partition coefficient (Wildman–Crippen LogP) is 3.86. The molecule has 0 aliphatic heterocycles. The molecule has 0 radical (unpaired) electrons. The van der Waals surface area contributed by atoms with Gasteiger partial charge in [0.25, 0.3) is 0 Å². The molecule has 1 N–H and O–H groups in total. The minimum atomic E-state index is -4.89. The summed E-state index contributed by atoms with van der Waals surface area (Å²) in [6.45, 7) is 3.51. The highest BCUT2D eigenvalue weighted by atomic mass is 19.4. The van der Waals surface area contributed by atoms with Crippen LogP contribution < -0.4 is 10.1 Å². The van der Waals surface area contributed by atoms with E-state index in [1.807, 2.05) is 0 Å². The number of hydrogen-bond acceptors (Lipinski definition) is 3. The maximum atomic E-state index is 13.7. The van der Waals surface area contributed by atoms with Gasteiger partial charge in [-0.1, -0.05) is 0 Å². The van der Waals surface area contributed by atoms with Crippen LogP contribution in [0, 0.1) is 18.6 Å². The summed E-state index contributed by atoms with van der Waals surface area (Å²) < 4.78 is 70.7. The van der Waals surface area contributed by atoms with E-state index in [9.17, 15) is 26.7 Å². The van der Waals surface area contributed by atoms with E-state index in [1.165, 1.54) is 13.0 Å². The fourth-order valence-electron chi connectivity index (χ4n) is 1.85. The topological polar surface area (TPSA) is 56.2 Å². The van der Waals surface area contributed by atoms with E-state index in [4.69, 9.17) is 4.74 Å². The number of halogens is 5. The summed E-state index contributed by atoms with van der Waals surface area (Å²) in [4.78, 5) is 11.7. The number of nitrogens with one attached hydrogen (secondary N) is 1. The van der Waals surface area contributed by atoms with Crippen molar-refractivity contribution in [2.45, 2.75) is 20.0 Å². The van der Waals surface area contributed by atoms with Gasteiger partial charge in [0.15, 0.2) is 11.6 Å². The minimum Gasteiger partial charge on any atom is -0.431 e. The molecular weight excluding hydrogens is 337 g/mol. The summed E-state index contributed by atoms with van der Waals surface area (Å²) >= 11 is 0. The lowest BCUT2D eigenvalue weighted by atomic mass is 10.2. The van der Waals surface area contributed by atoms with Crippen molar-refractivity contribution < 1.29 is 31.5 Å². The highest BCUT2D eigenvalue weighted by Crippen LogP contribution is 2.35. The molecule has 0 atom stereocenters. The fraction of sp³-hybridized carbons (Fsp3) is 0.286. The van der Waals surface area contributed by atoms with Gasteiger partial charge in [-0.05, 0) is 26.0 Å². The second-order valence-electron chi connectivity index (χ2n) is 4.74. The van der Waals surface area contributed by atoms with Crippen molar-refractivity contribution >= 4 is 6.03 Å². The average molecular weight is 349 g/mol. The van der Waals surface area contributed by atoms with Crippen molar-refractivity contribution in [1.82, 2.24) is 15.1 Å². The Morgan fingerprint density at radius 1 is 1.25 bits per heavy atom. The lowest BCUT2D eigenvalue weighted by Crippen LogP contribution is -2.29. The van der Waals surface area contributed by atoms with E-state index in [-0.39, 0.29) is 18.0 Å². The molecule has 0 bridgehead atoms. The Labute approximate surface area is 133 Å². The maximum absolute atomic E-state index is 13.7.